The molecule has 1 unspecified atom stereocenters. The number of hydrogen-bond donors (Lipinski definition) is 1. The molecule has 0 fully saturated rings. The van der Waals surface area contributed by atoms with Crippen LogP contribution >= 0.6 is 0 Å². The lowest BCUT2D eigenvalue weighted by Crippen LogP contribution is -2.50. The lowest BCUT2D eigenvalue weighted by atomic mass is 9.91. The maximum Gasteiger partial charge on any atom is 0.416 e. The molecule has 0 aliphatic heterocycles. The van der Waals surface area contributed by atoms with Gasteiger partial charge in [0, 0.05) is 19.2 Å². The first kappa shape index (κ1) is 35.2. The van der Waals surface area contributed by atoms with E-state index in [0.717, 1.165) is 24.3 Å². The second-order valence-electron chi connectivity index (χ2n) is 9.96. The summed E-state index contributed by atoms with van der Waals surface area (Å²) in [4.78, 5) is 15.4. The van der Waals surface area contributed by atoms with E-state index in [9.17, 15) is 31.1 Å². The molecule has 0 bridgehead atoms. The average molecular weight is 637 g/mol. The average Bonchev–Trinajstić information content (AvgIpc) is 3.01. The van der Waals surface area contributed by atoms with Crippen molar-refractivity contribution in [2.24, 2.45) is 0 Å². The molecule has 242 valence electrons. The van der Waals surface area contributed by atoms with Crippen molar-refractivity contribution in [2.45, 2.75) is 30.5 Å². The number of carbonyl (C=O) groups excluding carboxylic acids is 1. The van der Waals surface area contributed by atoms with Gasteiger partial charge in [-0.15, -0.1) is 13.2 Å². The summed E-state index contributed by atoms with van der Waals surface area (Å²) in [5, 5.41) is 3.20. The van der Waals surface area contributed by atoms with E-state index in [1.54, 1.807) is 30.4 Å². The molecule has 3 aromatic carbocycles. The van der Waals surface area contributed by atoms with Gasteiger partial charge in [0.1, 0.15) is 17.5 Å². The molecule has 2 atom stereocenters. The second-order valence-corrected chi connectivity index (χ2v) is 9.96. The second kappa shape index (κ2) is 15.1. The topological polar surface area (TPSA) is 60.0 Å². The fourth-order valence-corrected chi connectivity index (χ4v) is 4.96. The van der Waals surface area contributed by atoms with Crippen LogP contribution in [0.15, 0.2) is 92.0 Å². The van der Waals surface area contributed by atoms with Crippen LogP contribution in [0.1, 0.15) is 39.9 Å². The quantitative estimate of drug-likeness (QED) is 0.113. The van der Waals surface area contributed by atoms with Crippen molar-refractivity contribution in [3.8, 4) is 11.5 Å². The highest BCUT2D eigenvalue weighted by Crippen LogP contribution is 2.36. The van der Waals surface area contributed by atoms with Gasteiger partial charge in [0.2, 0.25) is 0 Å². The molecule has 0 aliphatic rings. The number of nitrogens with zero attached hydrogens (tertiary/aromatic N) is 1. The van der Waals surface area contributed by atoms with Crippen LogP contribution in [0.5, 0.6) is 11.5 Å². The van der Waals surface area contributed by atoms with E-state index in [1.807, 2.05) is 4.90 Å². The van der Waals surface area contributed by atoms with Crippen LogP contribution in [0.25, 0.3) is 0 Å². The van der Waals surface area contributed by atoms with E-state index in [0.29, 0.717) is 17.1 Å². The van der Waals surface area contributed by atoms with Crippen molar-refractivity contribution in [2.75, 3.05) is 34.4 Å². The molecule has 3 rings (SSSR count). The number of carbonyl (C=O) groups is 1. The smallest absolute Gasteiger partial charge is 0.416 e. The fraction of sp³-hybridized carbons (Fsp3) is 0.303. The van der Waals surface area contributed by atoms with E-state index in [1.165, 1.54) is 45.6 Å². The van der Waals surface area contributed by atoms with Crippen molar-refractivity contribution in [1.29, 1.82) is 0 Å². The number of esters is 1. The van der Waals surface area contributed by atoms with E-state index in [4.69, 9.17) is 14.2 Å². The highest BCUT2D eigenvalue weighted by atomic mass is 19.4. The number of rotatable bonds is 14. The third-order valence-electron chi connectivity index (χ3n) is 7.10. The summed E-state index contributed by atoms with van der Waals surface area (Å²) in [6.07, 6.45) is -6.00. The van der Waals surface area contributed by atoms with Crippen molar-refractivity contribution in [1.82, 2.24) is 10.2 Å². The van der Waals surface area contributed by atoms with Crippen molar-refractivity contribution < 1.29 is 45.3 Å². The van der Waals surface area contributed by atoms with Gasteiger partial charge < -0.3 is 14.2 Å². The number of halogens is 6. The van der Waals surface area contributed by atoms with E-state index in [-0.39, 0.29) is 24.2 Å². The first-order valence-corrected chi connectivity index (χ1v) is 13.6. The molecule has 1 N–H and O–H groups in total. The number of nitrogens with one attached hydrogen (secondary N) is 1. The number of alkyl halides is 6. The molecule has 0 spiro atoms. The largest absolute Gasteiger partial charge is 0.497 e. The predicted octanol–water partition coefficient (Wildman–Crippen LogP) is 7.38. The third-order valence-corrected chi connectivity index (χ3v) is 7.10. The first-order chi connectivity index (χ1) is 21.3. The fourth-order valence-electron chi connectivity index (χ4n) is 4.96. The van der Waals surface area contributed by atoms with Crippen LogP contribution in [0.3, 0.4) is 0 Å². The molecule has 0 saturated heterocycles. The Morgan fingerprint density at radius 1 is 0.756 bits per heavy atom. The van der Waals surface area contributed by atoms with Crippen molar-refractivity contribution in [3.63, 3.8) is 0 Å². The van der Waals surface area contributed by atoms with Crippen molar-refractivity contribution in [3.05, 3.63) is 120 Å². The van der Waals surface area contributed by atoms with Gasteiger partial charge in [0.05, 0.1) is 44.5 Å². The normalized spacial score (nSPS) is 13.3. The minimum absolute atomic E-state index is 0.261. The summed E-state index contributed by atoms with van der Waals surface area (Å²) in [6.45, 7) is 8.16. The predicted molar refractivity (Wildman–Crippen MR) is 158 cm³/mol. The van der Waals surface area contributed by atoms with Gasteiger partial charge in [-0.25, -0.2) is 0 Å². The standard InChI is InChI=1S/C33H34F6N2O4/c1-6-16-41(17-7-2)30(23-18-26(43-3)20-27(19-23)44-4)29(31(42)45-5)40-28(21-8-12-24(13-9-21)32(34,35)36)22-10-14-25(15-11-22)33(37,38)39/h6-15,18-20,28-30,40H,1-2,16-17H2,3-5H3/t29-,30?/m1/s1. The van der Waals surface area contributed by atoms with Gasteiger partial charge in [-0.1, -0.05) is 36.4 Å². The summed E-state index contributed by atoms with van der Waals surface area (Å²) in [7, 11) is 4.09. The van der Waals surface area contributed by atoms with Crippen LogP contribution in [0, 0.1) is 0 Å². The zero-order chi connectivity index (χ0) is 33.4. The van der Waals surface area contributed by atoms with Gasteiger partial charge in [0.25, 0.3) is 0 Å². The zero-order valence-corrected chi connectivity index (χ0v) is 24.9. The van der Waals surface area contributed by atoms with Crippen LogP contribution in [0.4, 0.5) is 26.3 Å². The number of methoxy groups -OCH3 is 3. The summed E-state index contributed by atoms with van der Waals surface area (Å²) in [5.41, 5.74) is -0.760. The summed E-state index contributed by atoms with van der Waals surface area (Å²) in [6, 6.07) is 10.2. The zero-order valence-electron chi connectivity index (χ0n) is 24.9. The molecular formula is C33H34F6N2O4. The Bertz CT molecular complexity index is 1350. The molecule has 0 aliphatic carbocycles. The lowest BCUT2D eigenvalue weighted by Gasteiger charge is -2.37. The van der Waals surface area contributed by atoms with E-state index in [2.05, 4.69) is 18.5 Å². The summed E-state index contributed by atoms with van der Waals surface area (Å²) >= 11 is 0. The van der Waals surface area contributed by atoms with Gasteiger partial charge in [-0.3, -0.25) is 15.0 Å². The Hall–Kier alpha value is -4.29. The van der Waals surface area contributed by atoms with Crippen LogP contribution in [0.2, 0.25) is 0 Å². The third kappa shape index (κ3) is 8.89. The SMILES string of the molecule is C=CCN(CC=C)C(c1cc(OC)cc(OC)c1)[C@@H](NC(c1ccc(C(F)(F)F)cc1)c1ccc(C(F)(F)F)cc1)C(=O)OC. The highest BCUT2D eigenvalue weighted by Gasteiger charge is 2.38. The van der Waals surface area contributed by atoms with Gasteiger partial charge >= 0.3 is 18.3 Å². The number of hydrogen-bond acceptors (Lipinski definition) is 6. The molecule has 0 radical (unpaired) electrons. The molecule has 3 aromatic rings. The van der Waals surface area contributed by atoms with Crippen LogP contribution in [-0.4, -0.2) is 51.3 Å². The molecule has 45 heavy (non-hydrogen) atoms. The lowest BCUT2D eigenvalue weighted by molar-refractivity contribution is -0.145. The van der Waals surface area contributed by atoms with Crippen LogP contribution < -0.4 is 14.8 Å². The molecular weight excluding hydrogens is 602 g/mol. The van der Waals surface area contributed by atoms with Gasteiger partial charge in [0.15, 0.2) is 0 Å². The number of benzene rings is 3. The molecule has 0 aromatic heterocycles. The molecule has 6 nitrogen and oxygen atoms in total. The molecule has 12 heteroatoms. The maximum atomic E-state index is 13.6. The first-order valence-electron chi connectivity index (χ1n) is 13.6. The van der Waals surface area contributed by atoms with Crippen LogP contribution in [-0.2, 0) is 21.9 Å². The minimum atomic E-state index is -4.61. The molecule has 0 heterocycles. The van der Waals surface area contributed by atoms with Crippen molar-refractivity contribution >= 4 is 5.97 Å². The maximum absolute atomic E-state index is 13.6. The van der Waals surface area contributed by atoms with E-state index < -0.39 is 47.6 Å². The summed E-state index contributed by atoms with van der Waals surface area (Å²) in [5.74, 6) is 0.0815. The molecule has 0 saturated carbocycles. The highest BCUT2D eigenvalue weighted by molar-refractivity contribution is 5.77. The summed E-state index contributed by atoms with van der Waals surface area (Å²) < 4.78 is 96.4. The van der Waals surface area contributed by atoms with Gasteiger partial charge in [-0.2, -0.15) is 26.3 Å². The Morgan fingerprint density at radius 2 is 1.18 bits per heavy atom. The Balaban J connectivity index is 2.26. The minimum Gasteiger partial charge on any atom is -0.497 e. The monoisotopic (exact) mass is 636 g/mol. The Labute approximate surface area is 257 Å². The Morgan fingerprint density at radius 3 is 1.51 bits per heavy atom. The Kier molecular flexibility index (Phi) is 11.8. The number of ether oxygens (including phenoxy) is 3. The van der Waals surface area contributed by atoms with Gasteiger partial charge in [-0.05, 0) is 53.1 Å². The molecule has 0 amide bonds. The van der Waals surface area contributed by atoms with E-state index >= 15 is 0 Å².